The van der Waals surface area contributed by atoms with Crippen molar-refractivity contribution in [3.05, 3.63) is 57.0 Å². The first kappa shape index (κ1) is 18.6. The van der Waals surface area contributed by atoms with Crippen molar-refractivity contribution in [2.45, 2.75) is 6.42 Å². The molecule has 5 nitrogen and oxygen atoms in total. The fourth-order valence-electron chi connectivity index (χ4n) is 2.65. The van der Waals surface area contributed by atoms with Crippen LogP contribution in [0.15, 0.2) is 36.4 Å². The molecule has 0 saturated carbocycles. The molecule has 2 aromatic carbocycles. The molecule has 3 N–H and O–H groups in total. The van der Waals surface area contributed by atoms with Crippen molar-refractivity contribution in [3.63, 3.8) is 0 Å². The van der Waals surface area contributed by atoms with E-state index in [1.54, 1.807) is 36.4 Å². The smallest absolute Gasteiger partial charge is 0.257 e. The number of carbonyl (C=O) groups is 1. The first-order valence-corrected chi connectivity index (χ1v) is 10.2. The summed E-state index contributed by atoms with van der Waals surface area (Å²) in [7, 11) is -2.89. The van der Waals surface area contributed by atoms with Gasteiger partial charge < -0.3 is 5.32 Å². The van der Waals surface area contributed by atoms with E-state index in [9.17, 15) is 13.9 Å². The Morgan fingerprint density at radius 2 is 1.80 bits per heavy atom. The van der Waals surface area contributed by atoms with Gasteiger partial charge in [-0.15, -0.1) is 10.8 Å². The Morgan fingerprint density at radius 1 is 1.12 bits per heavy atom. The Labute approximate surface area is 162 Å². The third kappa shape index (κ3) is 4.00. The molecule has 0 bridgehead atoms. The van der Waals surface area contributed by atoms with Crippen molar-refractivity contribution in [2.24, 2.45) is 0 Å². The molecule has 1 heterocycles. The van der Waals surface area contributed by atoms with E-state index in [0.29, 0.717) is 40.1 Å². The molecule has 0 unspecified atom stereocenters. The number of nitrogens with zero attached hydrogens (tertiary/aromatic N) is 1. The number of benzene rings is 2. The number of hydrogen-bond donors (Lipinski definition) is 3. The highest BCUT2D eigenvalue weighted by Crippen LogP contribution is 2.52. The van der Waals surface area contributed by atoms with Gasteiger partial charge in [-0.05, 0) is 36.8 Å². The van der Waals surface area contributed by atoms with Gasteiger partial charge in [0, 0.05) is 22.3 Å². The lowest BCUT2D eigenvalue weighted by atomic mass is 10.1. The Balaban J connectivity index is 1.90. The molecule has 0 aromatic heterocycles. The molecule has 1 aliphatic heterocycles. The standard InChI is InChI=1S/C16H15Cl3N2O3S/c17-10-7-11(18)9-12(8-10)20-16(22)13-3-1-4-14(15(13)19)21-5-2-6-25(21,23)24/h1,3-4,7-9,23-24H,2,5-6H2,(H,20,22). The van der Waals surface area contributed by atoms with Crippen LogP contribution in [0, 0.1) is 0 Å². The molecular weight excluding hydrogens is 407 g/mol. The Hall–Kier alpha value is -1.15. The van der Waals surface area contributed by atoms with E-state index in [1.165, 1.54) is 4.31 Å². The van der Waals surface area contributed by atoms with Gasteiger partial charge in [-0.2, -0.15) is 0 Å². The summed E-state index contributed by atoms with van der Waals surface area (Å²) in [5, 5.41) is 3.65. The summed E-state index contributed by atoms with van der Waals surface area (Å²) in [5.41, 5.74) is 1.09. The average Bonchev–Trinajstić information content (AvgIpc) is 2.85. The van der Waals surface area contributed by atoms with Gasteiger partial charge in [-0.25, -0.2) is 0 Å². The second kappa shape index (κ2) is 7.23. The third-order valence-corrected chi connectivity index (χ3v) is 6.50. The maximum absolute atomic E-state index is 12.6. The summed E-state index contributed by atoms with van der Waals surface area (Å²) in [4.78, 5) is 12.6. The highest BCUT2D eigenvalue weighted by molar-refractivity contribution is 8.25. The lowest BCUT2D eigenvalue weighted by molar-refractivity contribution is 0.102. The number of carbonyl (C=O) groups excluding carboxylic acids is 1. The van der Waals surface area contributed by atoms with Crippen LogP contribution in [0.1, 0.15) is 16.8 Å². The molecule has 2 aromatic rings. The van der Waals surface area contributed by atoms with Gasteiger partial charge in [0.2, 0.25) is 0 Å². The predicted molar refractivity (Wildman–Crippen MR) is 106 cm³/mol. The number of halogens is 3. The van der Waals surface area contributed by atoms with Crippen LogP contribution >= 0.6 is 45.6 Å². The zero-order valence-corrected chi connectivity index (χ0v) is 16.0. The molecule has 0 spiro atoms. The molecule has 1 amide bonds. The SMILES string of the molecule is O=C(Nc1cc(Cl)cc(Cl)c1)c1cccc(N2CCCS2(O)O)c1Cl. The molecule has 0 aliphatic carbocycles. The molecule has 3 rings (SSSR count). The van der Waals surface area contributed by atoms with E-state index in [4.69, 9.17) is 34.8 Å². The van der Waals surface area contributed by atoms with Crippen LogP contribution < -0.4 is 9.62 Å². The summed E-state index contributed by atoms with van der Waals surface area (Å²) in [5.74, 6) is -0.151. The Kier molecular flexibility index (Phi) is 5.39. The van der Waals surface area contributed by atoms with Gasteiger partial charge in [0.05, 0.1) is 22.0 Å². The molecule has 9 heteroatoms. The van der Waals surface area contributed by atoms with Crippen molar-refractivity contribution < 1.29 is 13.9 Å². The topological polar surface area (TPSA) is 72.8 Å². The molecule has 0 radical (unpaired) electrons. The second-order valence-electron chi connectivity index (χ2n) is 5.54. The zero-order chi connectivity index (χ0) is 18.2. The molecule has 1 saturated heterocycles. The summed E-state index contributed by atoms with van der Waals surface area (Å²) in [6.07, 6.45) is 0.649. The fourth-order valence-corrected chi connectivity index (χ4v) is 5.16. The van der Waals surface area contributed by atoms with Crippen LogP contribution in [-0.4, -0.2) is 27.3 Å². The molecule has 25 heavy (non-hydrogen) atoms. The maximum atomic E-state index is 12.6. The molecule has 1 fully saturated rings. The molecular formula is C16H15Cl3N2O3S. The van der Waals surface area contributed by atoms with Crippen molar-refractivity contribution in [3.8, 4) is 0 Å². The van der Waals surface area contributed by atoms with E-state index < -0.39 is 16.7 Å². The van der Waals surface area contributed by atoms with Gasteiger partial charge in [-0.1, -0.05) is 40.9 Å². The monoisotopic (exact) mass is 420 g/mol. The van der Waals surface area contributed by atoms with E-state index in [1.807, 2.05) is 0 Å². The highest BCUT2D eigenvalue weighted by Gasteiger charge is 2.31. The van der Waals surface area contributed by atoms with Crippen molar-refractivity contribution >= 4 is 62.9 Å². The van der Waals surface area contributed by atoms with Crippen molar-refractivity contribution in [2.75, 3.05) is 21.9 Å². The van der Waals surface area contributed by atoms with E-state index in [0.717, 1.165) is 0 Å². The first-order chi connectivity index (χ1) is 11.8. The minimum atomic E-state index is -2.89. The number of amides is 1. The van der Waals surface area contributed by atoms with Crippen LogP contribution in [0.2, 0.25) is 15.1 Å². The normalized spacial score (nSPS) is 17.4. The third-order valence-electron chi connectivity index (χ3n) is 3.74. The number of anilines is 2. The number of hydrogen-bond acceptors (Lipinski definition) is 4. The summed E-state index contributed by atoms with van der Waals surface area (Å²) in [6, 6.07) is 9.57. The first-order valence-electron chi connectivity index (χ1n) is 7.37. The second-order valence-corrected chi connectivity index (χ2v) is 8.91. The van der Waals surface area contributed by atoms with Crippen LogP contribution in [0.5, 0.6) is 0 Å². The van der Waals surface area contributed by atoms with Crippen molar-refractivity contribution in [1.82, 2.24) is 0 Å². The number of nitrogens with one attached hydrogen (secondary N) is 1. The highest BCUT2D eigenvalue weighted by atomic mass is 35.5. The van der Waals surface area contributed by atoms with E-state index in [-0.39, 0.29) is 10.6 Å². The minimum Gasteiger partial charge on any atom is -0.322 e. The minimum absolute atomic E-state index is 0.162. The molecule has 134 valence electrons. The van der Waals surface area contributed by atoms with E-state index >= 15 is 0 Å². The van der Waals surface area contributed by atoms with Gasteiger partial charge >= 0.3 is 0 Å². The summed E-state index contributed by atoms with van der Waals surface area (Å²) in [6.45, 7) is 0.469. The molecule has 1 aliphatic rings. The summed E-state index contributed by atoms with van der Waals surface area (Å²) >= 11 is 18.2. The van der Waals surface area contributed by atoms with Gasteiger partial charge in [0.15, 0.2) is 0 Å². The zero-order valence-electron chi connectivity index (χ0n) is 12.9. The van der Waals surface area contributed by atoms with Gasteiger partial charge in [0.1, 0.15) is 0 Å². The quantitative estimate of drug-likeness (QED) is 0.588. The average molecular weight is 422 g/mol. The Morgan fingerprint density at radius 3 is 2.40 bits per heavy atom. The lowest BCUT2D eigenvalue weighted by Gasteiger charge is -2.38. The van der Waals surface area contributed by atoms with Gasteiger partial charge in [0.25, 0.3) is 5.91 Å². The van der Waals surface area contributed by atoms with Crippen molar-refractivity contribution in [1.29, 1.82) is 0 Å². The summed E-state index contributed by atoms with van der Waals surface area (Å²) < 4.78 is 21.7. The maximum Gasteiger partial charge on any atom is 0.257 e. The van der Waals surface area contributed by atoms with Crippen LogP contribution in [0.3, 0.4) is 0 Å². The Bertz CT molecular complexity index is 812. The van der Waals surface area contributed by atoms with Crippen LogP contribution in [-0.2, 0) is 0 Å². The fraction of sp³-hybridized carbons (Fsp3) is 0.188. The van der Waals surface area contributed by atoms with Gasteiger partial charge in [-0.3, -0.25) is 18.2 Å². The largest absolute Gasteiger partial charge is 0.322 e. The number of rotatable bonds is 3. The van der Waals surface area contributed by atoms with E-state index in [2.05, 4.69) is 5.32 Å². The molecule has 0 atom stereocenters. The predicted octanol–water partition coefficient (Wildman–Crippen LogP) is 5.77. The lowest BCUT2D eigenvalue weighted by Crippen LogP contribution is -2.23. The van der Waals surface area contributed by atoms with Crippen LogP contribution in [0.4, 0.5) is 11.4 Å². The van der Waals surface area contributed by atoms with Crippen LogP contribution in [0.25, 0.3) is 0 Å².